The molecule has 9 N–H and O–H groups in total. The van der Waals surface area contributed by atoms with Gasteiger partial charge in [0.05, 0.1) is 19.1 Å². The number of benzene rings is 1. The Morgan fingerprint density at radius 3 is 2.01 bits per heavy atom. The van der Waals surface area contributed by atoms with Gasteiger partial charge in [-0.1, -0.05) is 111 Å². The number of carbonyl (C=O) groups is 10. The number of carbonyl (C=O) groups excluding carboxylic acids is 10. The average molecular weight is 1110 g/mol. The Morgan fingerprint density at radius 2 is 1.38 bits per heavy atom. The lowest BCUT2D eigenvalue weighted by atomic mass is 9.99. The van der Waals surface area contributed by atoms with Crippen LogP contribution in [-0.4, -0.2) is 165 Å². The highest BCUT2D eigenvalue weighted by Crippen LogP contribution is 2.24. The van der Waals surface area contributed by atoms with Gasteiger partial charge in [-0.15, -0.1) is 0 Å². The molecule has 79 heavy (non-hydrogen) atoms. The quantitative estimate of drug-likeness (QED) is 0.0527. The van der Waals surface area contributed by atoms with E-state index >= 15 is 0 Å². The highest BCUT2D eigenvalue weighted by molar-refractivity contribution is 5.99. The highest BCUT2D eigenvalue weighted by Gasteiger charge is 2.44. The number of amides is 9. The number of rotatable bonds is 24. The molecule has 442 valence electrons. The van der Waals surface area contributed by atoms with Crippen molar-refractivity contribution < 1.29 is 62.9 Å². The lowest BCUT2D eigenvalue weighted by Gasteiger charge is -2.33. The van der Waals surface area contributed by atoms with Crippen molar-refractivity contribution in [1.29, 1.82) is 0 Å². The van der Waals surface area contributed by atoms with E-state index in [1.807, 2.05) is 27.7 Å². The van der Waals surface area contributed by atoms with Gasteiger partial charge < -0.3 is 62.0 Å². The number of esters is 1. The maximum atomic E-state index is 14.6. The predicted octanol–water partition coefficient (Wildman–Crippen LogP) is 1.67. The molecule has 11 atom stereocenters. The first-order chi connectivity index (χ1) is 37.3. The van der Waals surface area contributed by atoms with Gasteiger partial charge in [0.15, 0.2) is 0 Å². The maximum Gasteiger partial charge on any atom is 0.329 e. The molecule has 3 aliphatic rings. The predicted molar refractivity (Wildman–Crippen MR) is 294 cm³/mol. The van der Waals surface area contributed by atoms with Gasteiger partial charge in [-0.2, -0.15) is 0 Å². The van der Waals surface area contributed by atoms with Gasteiger partial charge in [-0.25, -0.2) is 4.79 Å². The van der Waals surface area contributed by atoms with E-state index in [0.29, 0.717) is 37.2 Å². The molecule has 3 heterocycles. The summed E-state index contributed by atoms with van der Waals surface area (Å²) in [7, 11) is 0. The van der Waals surface area contributed by atoms with E-state index < -0.39 is 138 Å². The third-order valence-corrected chi connectivity index (χ3v) is 14.6. The summed E-state index contributed by atoms with van der Waals surface area (Å²) < 4.78 is 5.87. The van der Waals surface area contributed by atoms with Crippen LogP contribution < -0.4 is 37.2 Å². The molecule has 3 aliphatic heterocycles. The second-order valence-corrected chi connectivity index (χ2v) is 23.3. The van der Waals surface area contributed by atoms with Crippen molar-refractivity contribution in [2.45, 2.75) is 219 Å². The smallest absolute Gasteiger partial charge is 0.329 e. The van der Waals surface area contributed by atoms with Crippen LogP contribution in [0.3, 0.4) is 0 Å². The molecule has 0 spiro atoms. The van der Waals surface area contributed by atoms with Crippen LogP contribution in [0, 0.1) is 23.7 Å². The van der Waals surface area contributed by atoms with Crippen molar-refractivity contribution >= 4 is 59.1 Å². The number of hydrogen-bond donors (Lipinski definition) is 9. The zero-order chi connectivity index (χ0) is 58.7. The van der Waals surface area contributed by atoms with Crippen molar-refractivity contribution in [3.05, 3.63) is 35.9 Å². The Hall–Kier alpha value is -6.16. The summed E-state index contributed by atoms with van der Waals surface area (Å²) in [4.78, 5) is 143. The molecule has 1 aromatic rings. The van der Waals surface area contributed by atoms with Crippen LogP contribution in [0.25, 0.3) is 0 Å². The van der Waals surface area contributed by atoms with Crippen molar-refractivity contribution in [2.75, 3.05) is 19.7 Å². The number of unbranched alkanes of at least 4 members (excludes halogenated alkanes) is 2. The first-order valence-electron chi connectivity index (χ1n) is 28.6. The number of aliphatic hydroxyl groups excluding tert-OH is 2. The normalized spacial score (nSPS) is 24.0. The first kappa shape index (κ1) is 65.4. The van der Waals surface area contributed by atoms with E-state index in [-0.39, 0.29) is 57.0 Å². The van der Waals surface area contributed by atoms with Gasteiger partial charge in [-0.05, 0) is 88.0 Å². The monoisotopic (exact) mass is 1110 g/mol. The minimum atomic E-state index is -1.68. The number of nitrogens with zero attached hydrogens (tertiary/aromatic N) is 2. The molecule has 0 aliphatic carbocycles. The minimum absolute atomic E-state index is 0.0216. The van der Waals surface area contributed by atoms with Crippen molar-refractivity contribution in [3.8, 4) is 0 Å². The van der Waals surface area contributed by atoms with Crippen molar-refractivity contribution in [3.63, 3.8) is 0 Å². The Kier molecular flexibility index (Phi) is 26.1. The van der Waals surface area contributed by atoms with Crippen LogP contribution in [0.5, 0.6) is 0 Å². The minimum Gasteiger partial charge on any atom is -0.458 e. The molecular formula is C57H91N9O13. The first-order valence-corrected chi connectivity index (χ1v) is 28.6. The van der Waals surface area contributed by atoms with E-state index in [1.54, 1.807) is 44.2 Å². The summed E-state index contributed by atoms with van der Waals surface area (Å²) in [6.45, 7) is 17.3. The van der Waals surface area contributed by atoms with Crippen LogP contribution in [0.15, 0.2) is 30.3 Å². The molecule has 4 rings (SSSR count). The highest BCUT2D eigenvalue weighted by atomic mass is 16.5. The van der Waals surface area contributed by atoms with Gasteiger partial charge in [0.25, 0.3) is 0 Å². The Bertz CT molecular complexity index is 2250. The van der Waals surface area contributed by atoms with E-state index in [0.717, 1.165) is 25.7 Å². The summed E-state index contributed by atoms with van der Waals surface area (Å²) in [5.74, 6) is -7.51. The number of ether oxygens (including phenoxy) is 1. The molecule has 22 nitrogen and oxygen atoms in total. The zero-order valence-corrected chi connectivity index (χ0v) is 48.1. The van der Waals surface area contributed by atoms with Gasteiger partial charge in [0, 0.05) is 19.5 Å². The number of aliphatic hydroxyl groups is 2. The van der Waals surface area contributed by atoms with E-state index in [4.69, 9.17) is 4.74 Å². The SMILES string of the molecule is CC(C)CCCCC[C@@H](O)CC(=O)N[C@H](CO)C(=O)N[C@@H](CC(C)C)C(=O)N1CCC[C@H]1C(=O)N[C@H](C)C(=O)N[C@@H]1C(=O)N[C@H](Cc2ccccc2)C(=O)N2CCC[C@H]2C(=O)N[C@H](CC(C)C)C(=O)N[C@@H](C(C)C)C(=O)O[C@@H]1C. The van der Waals surface area contributed by atoms with Crippen molar-refractivity contribution in [2.24, 2.45) is 23.7 Å². The zero-order valence-electron chi connectivity index (χ0n) is 48.1. The van der Waals surface area contributed by atoms with Gasteiger partial charge >= 0.3 is 5.97 Å². The Balaban J connectivity index is 1.54. The van der Waals surface area contributed by atoms with Crippen LogP contribution in [0.1, 0.15) is 152 Å². The molecule has 9 amide bonds. The average Bonchev–Trinajstić information content (AvgIpc) is 4.09. The van der Waals surface area contributed by atoms with E-state index in [9.17, 15) is 58.2 Å². The fraction of sp³-hybridized carbons (Fsp3) is 0.719. The Labute approximate surface area is 466 Å². The molecule has 0 radical (unpaired) electrons. The molecule has 0 aromatic heterocycles. The molecule has 0 bridgehead atoms. The Morgan fingerprint density at radius 1 is 0.722 bits per heavy atom. The molecule has 0 unspecified atom stereocenters. The van der Waals surface area contributed by atoms with Crippen molar-refractivity contribution in [1.82, 2.24) is 47.0 Å². The van der Waals surface area contributed by atoms with Crippen LogP contribution >= 0.6 is 0 Å². The number of cyclic esters (lactones) is 1. The third kappa shape index (κ3) is 20.2. The fourth-order valence-electron chi connectivity index (χ4n) is 10.3. The molecule has 1 aromatic carbocycles. The lowest BCUT2D eigenvalue weighted by molar-refractivity contribution is -0.157. The number of likely N-dealkylation sites (tertiary alicyclic amines) is 1. The number of fused-ring (bicyclic) bond motifs is 1. The number of nitrogens with one attached hydrogen (secondary N) is 7. The van der Waals surface area contributed by atoms with Gasteiger partial charge in [0.2, 0.25) is 53.2 Å². The topological polar surface area (TPSA) is 311 Å². The van der Waals surface area contributed by atoms with E-state index in [1.165, 1.54) is 23.6 Å². The molecule has 0 saturated carbocycles. The second-order valence-electron chi connectivity index (χ2n) is 23.3. The van der Waals surface area contributed by atoms with Crippen LogP contribution in [0.2, 0.25) is 0 Å². The summed E-state index contributed by atoms with van der Waals surface area (Å²) in [6, 6.07) is -2.48. The maximum absolute atomic E-state index is 14.6. The van der Waals surface area contributed by atoms with Crippen LogP contribution in [-0.2, 0) is 59.1 Å². The van der Waals surface area contributed by atoms with E-state index in [2.05, 4.69) is 51.1 Å². The summed E-state index contributed by atoms with van der Waals surface area (Å²) in [5.41, 5.74) is 0.668. The summed E-state index contributed by atoms with van der Waals surface area (Å²) in [5, 5.41) is 39.3. The summed E-state index contributed by atoms with van der Waals surface area (Å²) >= 11 is 0. The molecule has 3 saturated heterocycles. The largest absolute Gasteiger partial charge is 0.458 e. The fourth-order valence-corrected chi connectivity index (χ4v) is 10.3. The standard InChI is InChI=1S/C57H91N9O13/c1-32(2)19-13-11-16-22-39(68)30-46(69)59-43(31-67)51(72)61-41(28-34(5)6)55(76)65-25-17-23-44(65)52(73)58-36(9)49(70)64-48-37(10)79-57(78)47(35(7)8)63-50(71)40(27-33(3)4)60-53(74)45-24-18-26-66(45)56(77)42(62-54(48)75)29-38-20-14-12-15-21-38/h12,14-15,20-21,32-37,39-45,47-48,67-68H,11,13,16-19,22-31H2,1-10H3,(H,58,73)(H,59,69)(H,60,74)(H,61,72)(H,62,75)(H,63,71)(H,64,70)/t36-,37-,39-,40-,41+,42-,43-,44+,45+,47+,48+/m1/s1. The lowest BCUT2D eigenvalue weighted by Crippen LogP contribution is -2.63. The van der Waals surface area contributed by atoms with Crippen LogP contribution in [0.4, 0.5) is 0 Å². The van der Waals surface area contributed by atoms with Gasteiger partial charge in [-0.3, -0.25) is 43.2 Å². The molecular weight excluding hydrogens is 1020 g/mol. The number of hydrogen-bond acceptors (Lipinski definition) is 13. The molecule has 3 fully saturated rings. The molecule has 22 heteroatoms. The summed E-state index contributed by atoms with van der Waals surface area (Å²) in [6.07, 6.45) is 3.16. The third-order valence-electron chi connectivity index (χ3n) is 14.6. The van der Waals surface area contributed by atoms with Gasteiger partial charge in [0.1, 0.15) is 60.5 Å². The second kappa shape index (κ2) is 31.6.